The number of methoxy groups -OCH3 is 1. The van der Waals surface area contributed by atoms with Gasteiger partial charge in [0.1, 0.15) is 11.4 Å². The summed E-state index contributed by atoms with van der Waals surface area (Å²) < 4.78 is 11.9. The van der Waals surface area contributed by atoms with Gasteiger partial charge in [0.15, 0.2) is 0 Å². The maximum absolute atomic E-state index is 10.5. The Morgan fingerprint density at radius 2 is 2.21 bits per heavy atom. The minimum Gasteiger partial charge on any atom is -0.484 e. The molecular formula is C16H22O3. The molecule has 3 unspecified atom stereocenters. The summed E-state index contributed by atoms with van der Waals surface area (Å²) in [7, 11) is 1.75. The van der Waals surface area contributed by atoms with Crippen LogP contribution in [0, 0.1) is 6.92 Å². The maximum Gasteiger partial charge on any atom is 0.138 e. The van der Waals surface area contributed by atoms with Gasteiger partial charge in [-0.3, -0.25) is 0 Å². The summed E-state index contributed by atoms with van der Waals surface area (Å²) in [6.07, 6.45) is 4.60. The first-order valence-corrected chi connectivity index (χ1v) is 7.15. The molecule has 1 fully saturated rings. The van der Waals surface area contributed by atoms with E-state index in [2.05, 4.69) is 0 Å². The minimum absolute atomic E-state index is 0.0883. The van der Waals surface area contributed by atoms with E-state index in [4.69, 9.17) is 9.47 Å². The van der Waals surface area contributed by atoms with Crippen molar-refractivity contribution < 1.29 is 14.6 Å². The minimum atomic E-state index is -0.445. The van der Waals surface area contributed by atoms with E-state index in [0.717, 1.165) is 36.1 Å². The van der Waals surface area contributed by atoms with E-state index in [1.165, 1.54) is 6.42 Å². The van der Waals surface area contributed by atoms with Crippen molar-refractivity contribution in [3.05, 3.63) is 29.3 Å². The van der Waals surface area contributed by atoms with Crippen molar-refractivity contribution in [2.75, 3.05) is 7.11 Å². The van der Waals surface area contributed by atoms with Gasteiger partial charge in [0, 0.05) is 19.1 Å². The largest absolute Gasteiger partial charge is 0.484 e. The van der Waals surface area contributed by atoms with Gasteiger partial charge in [-0.15, -0.1) is 0 Å². The van der Waals surface area contributed by atoms with Crippen molar-refractivity contribution in [1.29, 1.82) is 0 Å². The van der Waals surface area contributed by atoms with Gasteiger partial charge in [-0.05, 0) is 38.3 Å². The molecule has 3 nitrogen and oxygen atoms in total. The lowest BCUT2D eigenvalue weighted by molar-refractivity contribution is -0.130. The van der Waals surface area contributed by atoms with Crippen molar-refractivity contribution >= 4 is 0 Å². The Kier molecular flexibility index (Phi) is 3.27. The van der Waals surface area contributed by atoms with Crippen LogP contribution in [0.15, 0.2) is 18.2 Å². The normalized spacial score (nSPS) is 33.8. The molecule has 1 spiro atoms. The maximum atomic E-state index is 10.5. The third kappa shape index (κ3) is 2.15. The molecule has 1 saturated carbocycles. The van der Waals surface area contributed by atoms with Gasteiger partial charge in [-0.1, -0.05) is 18.1 Å². The Bertz CT molecular complexity index is 471. The quantitative estimate of drug-likeness (QED) is 0.845. The molecule has 2 aliphatic rings. The predicted molar refractivity (Wildman–Crippen MR) is 73.4 cm³/mol. The second-order valence-electron chi connectivity index (χ2n) is 5.90. The topological polar surface area (TPSA) is 38.7 Å². The van der Waals surface area contributed by atoms with Crippen LogP contribution in [0.2, 0.25) is 0 Å². The van der Waals surface area contributed by atoms with Crippen molar-refractivity contribution in [3.8, 4) is 5.75 Å². The Labute approximate surface area is 114 Å². The molecule has 104 valence electrons. The fraction of sp³-hybridized carbons (Fsp3) is 0.625. The SMILES string of the molecule is COC1CCCCC12CC(O)c1cc(C)ccc1O2. The summed E-state index contributed by atoms with van der Waals surface area (Å²) in [6.45, 7) is 2.04. The lowest BCUT2D eigenvalue weighted by atomic mass is 9.75. The number of rotatable bonds is 1. The molecule has 1 aliphatic carbocycles. The summed E-state index contributed by atoms with van der Waals surface area (Å²) in [6, 6.07) is 6.04. The highest BCUT2D eigenvalue weighted by atomic mass is 16.5. The van der Waals surface area contributed by atoms with Gasteiger partial charge in [-0.2, -0.15) is 0 Å². The van der Waals surface area contributed by atoms with E-state index in [9.17, 15) is 5.11 Å². The lowest BCUT2D eigenvalue weighted by Crippen LogP contribution is -2.53. The van der Waals surface area contributed by atoms with E-state index >= 15 is 0 Å². The van der Waals surface area contributed by atoms with Gasteiger partial charge in [-0.25, -0.2) is 0 Å². The van der Waals surface area contributed by atoms with Crippen LogP contribution in [-0.2, 0) is 4.74 Å². The highest BCUT2D eigenvalue weighted by Gasteiger charge is 2.48. The van der Waals surface area contributed by atoms with Crippen LogP contribution in [0.3, 0.4) is 0 Å². The molecule has 1 aliphatic heterocycles. The van der Waals surface area contributed by atoms with Crippen LogP contribution < -0.4 is 4.74 Å². The zero-order valence-corrected chi connectivity index (χ0v) is 11.7. The van der Waals surface area contributed by atoms with Crippen molar-refractivity contribution in [2.45, 2.75) is 56.8 Å². The molecule has 3 rings (SSSR count). The first kappa shape index (κ1) is 12.9. The van der Waals surface area contributed by atoms with E-state index in [1.807, 2.05) is 25.1 Å². The van der Waals surface area contributed by atoms with E-state index in [0.29, 0.717) is 6.42 Å². The highest BCUT2D eigenvalue weighted by Crippen LogP contribution is 2.47. The number of hydrogen-bond donors (Lipinski definition) is 1. The van der Waals surface area contributed by atoms with Gasteiger partial charge in [0.05, 0.1) is 12.2 Å². The molecule has 0 amide bonds. The molecule has 0 aromatic heterocycles. The van der Waals surface area contributed by atoms with Crippen LogP contribution >= 0.6 is 0 Å². The third-order valence-electron chi connectivity index (χ3n) is 4.56. The molecule has 1 heterocycles. The lowest BCUT2D eigenvalue weighted by Gasteiger charge is -2.47. The molecule has 0 radical (unpaired) electrons. The summed E-state index contributed by atoms with van der Waals surface area (Å²) >= 11 is 0. The molecule has 1 aromatic carbocycles. The fourth-order valence-corrected chi connectivity index (χ4v) is 3.58. The first-order chi connectivity index (χ1) is 9.14. The molecular weight excluding hydrogens is 240 g/mol. The van der Waals surface area contributed by atoms with Gasteiger partial charge in [0.2, 0.25) is 0 Å². The van der Waals surface area contributed by atoms with Crippen LogP contribution in [0.25, 0.3) is 0 Å². The second kappa shape index (κ2) is 4.80. The molecule has 0 saturated heterocycles. The molecule has 0 bridgehead atoms. The van der Waals surface area contributed by atoms with E-state index in [-0.39, 0.29) is 11.7 Å². The van der Waals surface area contributed by atoms with Crippen LogP contribution in [-0.4, -0.2) is 23.9 Å². The number of ether oxygens (including phenoxy) is 2. The van der Waals surface area contributed by atoms with Gasteiger partial charge >= 0.3 is 0 Å². The second-order valence-corrected chi connectivity index (χ2v) is 5.90. The average Bonchev–Trinajstić information content (AvgIpc) is 2.40. The average molecular weight is 262 g/mol. The summed E-state index contributed by atoms with van der Waals surface area (Å²) in [5.74, 6) is 0.827. The molecule has 1 N–H and O–H groups in total. The number of fused-ring (bicyclic) bond motifs is 1. The first-order valence-electron chi connectivity index (χ1n) is 7.15. The molecule has 3 atom stereocenters. The number of benzene rings is 1. The summed E-state index contributed by atoms with van der Waals surface area (Å²) in [4.78, 5) is 0. The summed E-state index contributed by atoms with van der Waals surface area (Å²) in [5, 5.41) is 10.5. The van der Waals surface area contributed by atoms with Gasteiger partial charge < -0.3 is 14.6 Å². The van der Waals surface area contributed by atoms with Crippen LogP contribution in [0.5, 0.6) is 5.75 Å². The van der Waals surface area contributed by atoms with Crippen molar-refractivity contribution in [1.82, 2.24) is 0 Å². The Hall–Kier alpha value is -1.06. The van der Waals surface area contributed by atoms with E-state index in [1.54, 1.807) is 7.11 Å². The molecule has 1 aromatic rings. The predicted octanol–water partition coefficient (Wildman–Crippen LogP) is 3.14. The molecule has 19 heavy (non-hydrogen) atoms. The van der Waals surface area contributed by atoms with E-state index < -0.39 is 6.10 Å². The monoisotopic (exact) mass is 262 g/mol. The van der Waals surface area contributed by atoms with Crippen molar-refractivity contribution in [2.24, 2.45) is 0 Å². The number of aliphatic hydroxyl groups is 1. The van der Waals surface area contributed by atoms with Crippen molar-refractivity contribution in [3.63, 3.8) is 0 Å². The number of aryl methyl sites for hydroxylation is 1. The van der Waals surface area contributed by atoms with Crippen LogP contribution in [0.4, 0.5) is 0 Å². The third-order valence-corrected chi connectivity index (χ3v) is 4.56. The zero-order chi connectivity index (χ0) is 13.5. The fourth-order valence-electron chi connectivity index (χ4n) is 3.58. The number of aliphatic hydroxyl groups excluding tert-OH is 1. The molecule has 3 heteroatoms. The van der Waals surface area contributed by atoms with Gasteiger partial charge in [0.25, 0.3) is 0 Å². The Balaban J connectivity index is 1.97. The summed E-state index contributed by atoms with van der Waals surface area (Å²) in [5.41, 5.74) is 1.74. The number of hydrogen-bond acceptors (Lipinski definition) is 3. The Morgan fingerprint density at radius 3 is 3.00 bits per heavy atom. The smallest absolute Gasteiger partial charge is 0.138 e. The zero-order valence-electron chi connectivity index (χ0n) is 11.7. The Morgan fingerprint density at radius 1 is 1.37 bits per heavy atom. The standard InChI is InChI=1S/C16H22O3/c1-11-6-7-14-12(9-11)13(17)10-16(19-14)8-4-3-5-15(16)18-2/h6-7,9,13,15,17H,3-5,8,10H2,1-2H3. The highest BCUT2D eigenvalue weighted by molar-refractivity contribution is 5.41. The van der Waals surface area contributed by atoms with Crippen LogP contribution in [0.1, 0.15) is 49.3 Å².